The zero-order valence-electron chi connectivity index (χ0n) is 11.3. The van der Waals surface area contributed by atoms with Crippen molar-refractivity contribution in [2.75, 3.05) is 0 Å². The van der Waals surface area contributed by atoms with E-state index >= 15 is 0 Å². The minimum Gasteiger partial charge on any atom is -0.302 e. The molecule has 0 fully saturated rings. The van der Waals surface area contributed by atoms with Crippen LogP contribution in [-0.4, -0.2) is 9.97 Å². The Morgan fingerprint density at radius 3 is 2.50 bits per heavy atom. The lowest BCUT2D eigenvalue weighted by Crippen LogP contribution is -2.23. The van der Waals surface area contributed by atoms with Crippen molar-refractivity contribution in [1.29, 1.82) is 0 Å². The highest BCUT2D eigenvalue weighted by molar-refractivity contribution is 7.12. The molecule has 1 N–H and O–H groups in total. The van der Waals surface area contributed by atoms with Crippen molar-refractivity contribution < 1.29 is 0 Å². The van der Waals surface area contributed by atoms with Gasteiger partial charge in [-0.3, -0.25) is 9.97 Å². The van der Waals surface area contributed by atoms with E-state index in [0.717, 1.165) is 5.69 Å². The van der Waals surface area contributed by atoms with Crippen molar-refractivity contribution in [1.82, 2.24) is 15.3 Å². The van der Waals surface area contributed by atoms with Crippen LogP contribution in [0.1, 0.15) is 46.9 Å². The molecule has 0 radical (unpaired) electrons. The molecule has 0 aliphatic carbocycles. The van der Waals surface area contributed by atoms with Gasteiger partial charge >= 0.3 is 0 Å². The zero-order chi connectivity index (χ0) is 13.1. The van der Waals surface area contributed by atoms with Crippen LogP contribution in [0, 0.1) is 13.8 Å². The van der Waals surface area contributed by atoms with Gasteiger partial charge in [-0.15, -0.1) is 11.3 Å². The lowest BCUT2D eigenvalue weighted by atomic mass is 10.1. The topological polar surface area (TPSA) is 37.8 Å². The molecule has 4 heteroatoms. The zero-order valence-corrected chi connectivity index (χ0v) is 12.1. The van der Waals surface area contributed by atoms with Gasteiger partial charge in [0.2, 0.25) is 0 Å². The first-order valence-electron chi connectivity index (χ1n) is 6.17. The van der Waals surface area contributed by atoms with Crippen LogP contribution in [0.5, 0.6) is 0 Å². The van der Waals surface area contributed by atoms with Gasteiger partial charge in [-0.25, -0.2) is 0 Å². The molecule has 0 spiro atoms. The van der Waals surface area contributed by atoms with Crippen LogP contribution in [0.2, 0.25) is 0 Å². The fourth-order valence-corrected chi connectivity index (χ4v) is 3.19. The number of aryl methyl sites for hydroxylation is 2. The van der Waals surface area contributed by atoms with E-state index in [2.05, 4.69) is 49.0 Å². The molecule has 0 aromatic carbocycles. The first kappa shape index (κ1) is 13.2. The summed E-state index contributed by atoms with van der Waals surface area (Å²) in [6.45, 7) is 8.65. The lowest BCUT2D eigenvalue weighted by molar-refractivity contribution is 0.484. The Bertz CT molecular complexity index is 507. The van der Waals surface area contributed by atoms with Crippen LogP contribution in [-0.2, 0) is 0 Å². The maximum Gasteiger partial charge on any atom is 0.0753 e. The first-order chi connectivity index (χ1) is 8.58. The monoisotopic (exact) mass is 261 g/mol. The van der Waals surface area contributed by atoms with E-state index in [0.29, 0.717) is 6.04 Å². The molecular weight excluding hydrogens is 242 g/mol. The number of hydrogen-bond donors (Lipinski definition) is 1. The van der Waals surface area contributed by atoms with Crippen molar-refractivity contribution in [3.05, 3.63) is 45.7 Å². The van der Waals surface area contributed by atoms with Gasteiger partial charge in [0.15, 0.2) is 0 Å². The Kier molecular flexibility index (Phi) is 4.09. The van der Waals surface area contributed by atoms with E-state index in [4.69, 9.17) is 0 Å². The van der Waals surface area contributed by atoms with Gasteiger partial charge in [0.25, 0.3) is 0 Å². The van der Waals surface area contributed by atoms with E-state index in [1.54, 1.807) is 12.4 Å². The van der Waals surface area contributed by atoms with Crippen molar-refractivity contribution in [3.63, 3.8) is 0 Å². The molecule has 0 saturated heterocycles. The third kappa shape index (κ3) is 2.94. The molecule has 18 heavy (non-hydrogen) atoms. The smallest absolute Gasteiger partial charge is 0.0753 e. The fraction of sp³-hybridized carbons (Fsp3) is 0.429. The summed E-state index contributed by atoms with van der Waals surface area (Å²) in [5.41, 5.74) is 2.36. The van der Waals surface area contributed by atoms with E-state index in [1.807, 2.05) is 17.5 Å². The summed E-state index contributed by atoms with van der Waals surface area (Å²) in [7, 11) is 0. The molecule has 2 heterocycles. The summed E-state index contributed by atoms with van der Waals surface area (Å²) in [5, 5.41) is 3.57. The summed E-state index contributed by atoms with van der Waals surface area (Å²) in [6.07, 6.45) is 5.25. The Morgan fingerprint density at radius 1 is 1.17 bits per heavy atom. The van der Waals surface area contributed by atoms with Gasteiger partial charge < -0.3 is 5.32 Å². The van der Waals surface area contributed by atoms with Gasteiger partial charge in [-0.05, 0) is 39.3 Å². The van der Waals surface area contributed by atoms with E-state index in [9.17, 15) is 0 Å². The highest BCUT2D eigenvalue weighted by atomic mass is 32.1. The Balaban J connectivity index is 2.08. The van der Waals surface area contributed by atoms with Gasteiger partial charge in [0.1, 0.15) is 0 Å². The largest absolute Gasteiger partial charge is 0.302 e. The second kappa shape index (κ2) is 5.59. The molecule has 3 nitrogen and oxygen atoms in total. The lowest BCUT2D eigenvalue weighted by Gasteiger charge is -2.19. The van der Waals surface area contributed by atoms with Gasteiger partial charge in [0.05, 0.1) is 5.69 Å². The molecule has 2 atom stereocenters. The molecule has 2 aromatic rings. The predicted molar refractivity (Wildman–Crippen MR) is 75.8 cm³/mol. The maximum absolute atomic E-state index is 4.33. The SMILES string of the molecule is Cc1cc(C(C)NC(C)c2cnccn2)c(C)s1. The molecule has 0 aliphatic rings. The summed E-state index contributed by atoms with van der Waals surface area (Å²) in [5.74, 6) is 0. The number of nitrogens with one attached hydrogen (secondary N) is 1. The summed E-state index contributed by atoms with van der Waals surface area (Å²) >= 11 is 1.85. The predicted octanol–water partition coefficient (Wildman–Crippen LogP) is 3.57. The van der Waals surface area contributed by atoms with Crippen LogP contribution in [0.4, 0.5) is 0 Å². The number of aromatic nitrogens is 2. The third-order valence-electron chi connectivity index (χ3n) is 3.07. The first-order valence-corrected chi connectivity index (χ1v) is 6.98. The van der Waals surface area contributed by atoms with E-state index in [-0.39, 0.29) is 6.04 Å². The van der Waals surface area contributed by atoms with Crippen LogP contribution in [0.25, 0.3) is 0 Å². The quantitative estimate of drug-likeness (QED) is 0.914. The average molecular weight is 261 g/mol. The molecule has 2 rings (SSSR count). The van der Waals surface area contributed by atoms with Gasteiger partial charge in [0, 0.05) is 40.4 Å². The number of nitrogens with zero attached hydrogens (tertiary/aromatic N) is 2. The van der Waals surface area contributed by atoms with Crippen LogP contribution >= 0.6 is 11.3 Å². The van der Waals surface area contributed by atoms with Crippen molar-refractivity contribution in [2.45, 2.75) is 39.8 Å². The third-order valence-corrected chi connectivity index (χ3v) is 4.05. The van der Waals surface area contributed by atoms with Crippen LogP contribution in [0.15, 0.2) is 24.7 Å². The summed E-state index contributed by atoms with van der Waals surface area (Å²) in [6, 6.07) is 2.79. The van der Waals surface area contributed by atoms with Crippen molar-refractivity contribution in [3.8, 4) is 0 Å². The fourth-order valence-electron chi connectivity index (χ4n) is 2.16. The number of thiophene rings is 1. The summed E-state index contributed by atoms with van der Waals surface area (Å²) in [4.78, 5) is 11.2. The second-order valence-electron chi connectivity index (χ2n) is 4.61. The molecule has 2 aromatic heterocycles. The molecule has 0 amide bonds. The van der Waals surface area contributed by atoms with E-state index in [1.165, 1.54) is 15.3 Å². The van der Waals surface area contributed by atoms with Crippen molar-refractivity contribution >= 4 is 11.3 Å². The van der Waals surface area contributed by atoms with Gasteiger partial charge in [-0.1, -0.05) is 0 Å². The highest BCUT2D eigenvalue weighted by Crippen LogP contribution is 2.27. The maximum atomic E-state index is 4.33. The Morgan fingerprint density at radius 2 is 1.94 bits per heavy atom. The van der Waals surface area contributed by atoms with Gasteiger partial charge in [-0.2, -0.15) is 0 Å². The normalized spacial score (nSPS) is 14.4. The molecule has 0 saturated carbocycles. The second-order valence-corrected chi connectivity index (χ2v) is 6.07. The average Bonchev–Trinajstić information content (AvgIpc) is 2.69. The molecule has 0 aliphatic heterocycles. The Labute approximate surface area is 112 Å². The minimum absolute atomic E-state index is 0.202. The highest BCUT2D eigenvalue weighted by Gasteiger charge is 2.15. The Hall–Kier alpha value is -1.26. The van der Waals surface area contributed by atoms with Crippen molar-refractivity contribution in [2.24, 2.45) is 0 Å². The standard InChI is InChI=1S/C14H19N3S/c1-9-7-13(12(4)18-9)10(2)17-11(3)14-8-15-5-6-16-14/h5-8,10-11,17H,1-4H3. The van der Waals surface area contributed by atoms with Crippen LogP contribution < -0.4 is 5.32 Å². The van der Waals surface area contributed by atoms with E-state index < -0.39 is 0 Å². The van der Waals surface area contributed by atoms with Crippen LogP contribution in [0.3, 0.4) is 0 Å². The minimum atomic E-state index is 0.202. The molecular formula is C14H19N3S. The molecule has 0 bridgehead atoms. The molecule has 2 unspecified atom stereocenters. The number of rotatable bonds is 4. The molecule has 96 valence electrons. The number of hydrogen-bond acceptors (Lipinski definition) is 4. The summed E-state index contributed by atoms with van der Waals surface area (Å²) < 4.78 is 0.